The Kier molecular flexibility index (Phi) is 6.99. The van der Waals surface area contributed by atoms with Gasteiger partial charge in [0.15, 0.2) is 0 Å². The molecule has 1 fully saturated rings. The maximum atomic E-state index is 12.3. The Morgan fingerprint density at radius 2 is 2.05 bits per heavy atom. The Bertz CT molecular complexity index is 331. The summed E-state index contributed by atoms with van der Waals surface area (Å²) in [4.78, 5) is 25.9. The maximum absolute atomic E-state index is 12.3. The van der Waals surface area contributed by atoms with Gasteiger partial charge in [0.25, 0.3) is 0 Å². The lowest BCUT2D eigenvalue weighted by Crippen LogP contribution is -2.62. The molecule has 0 aromatic heterocycles. The summed E-state index contributed by atoms with van der Waals surface area (Å²) in [6, 6.07) is -0.721. The summed E-state index contributed by atoms with van der Waals surface area (Å²) in [6.07, 6.45) is 2.36. The second-order valence-electron chi connectivity index (χ2n) is 5.88. The summed E-state index contributed by atoms with van der Waals surface area (Å²) in [6.45, 7) is 9.97. The molecule has 116 valence electrons. The normalized spacial score (nSPS) is 23.4. The van der Waals surface area contributed by atoms with Gasteiger partial charge < -0.3 is 15.0 Å². The molecule has 2 amide bonds. The van der Waals surface area contributed by atoms with E-state index in [2.05, 4.69) is 19.2 Å². The summed E-state index contributed by atoms with van der Waals surface area (Å²) < 4.78 is 5.52. The van der Waals surface area contributed by atoms with Gasteiger partial charge in [0.1, 0.15) is 12.1 Å². The first kappa shape index (κ1) is 17.0. The van der Waals surface area contributed by atoms with E-state index in [0.29, 0.717) is 25.5 Å². The number of ether oxygens (including phenoxy) is 1. The van der Waals surface area contributed by atoms with Crippen LogP contribution in [0.3, 0.4) is 0 Å². The summed E-state index contributed by atoms with van der Waals surface area (Å²) in [5, 5.41) is 2.80. The van der Waals surface area contributed by atoms with Gasteiger partial charge in [0.05, 0.1) is 0 Å². The van der Waals surface area contributed by atoms with Crippen LogP contribution in [0.15, 0.2) is 0 Å². The van der Waals surface area contributed by atoms with Crippen LogP contribution in [0.5, 0.6) is 0 Å². The highest BCUT2D eigenvalue weighted by Crippen LogP contribution is 2.13. The van der Waals surface area contributed by atoms with Crippen molar-refractivity contribution in [3.05, 3.63) is 0 Å². The van der Waals surface area contributed by atoms with Crippen molar-refractivity contribution in [1.29, 1.82) is 0 Å². The minimum absolute atomic E-state index is 0.0443. The summed E-state index contributed by atoms with van der Waals surface area (Å²) >= 11 is 0. The molecule has 0 aliphatic carbocycles. The van der Waals surface area contributed by atoms with Gasteiger partial charge in [-0.3, -0.25) is 9.59 Å². The molecule has 5 heteroatoms. The molecule has 0 spiro atoms. The zero-order valence-electron chi connectivity index (χ0n) is 13.1. The van der Waals surface area contributed by atoms with E-state index in [9.17, 15) is 9.59 Å². The van der Waals surface area contributed by atoms with E-state index < -0.39 is 0 Å². The van der Waals surface area contributed by atoms with Crippen LogP contribution in [-0.4, -0.2) is 48.6 Å². The van der Waals surface area contributed by atoms with Gasteiger partial charge in [-0.1, -0.05) is 27.2 Å². The minimum atomic E-state index is -0.374. The second-order valence-corrected chi connectivity index (χ2v) is 5.88. The van der Waals surface area contributed by atoms with Crippen molar-refractivity contribution in [3.63, 3.8) is 0 Å². The van der Waals surface area contributed by atoms with Crippen LogP contribution in [0.25, 0.3) is 0 Å². The minimum Gasteiger partial charge on any atom is -0.381 e. The molecule has 1 aliphatic rings. The molecule has 5 nitrogen and oxygen atoms in total. The molecule has 1 aliphatic heterocycles. The third kappa shape index (κ3) is 4.78. The zero-order valence-corrected chi connectivity index (χ0v) is 13.1. The number of rotatable bonds is 8. The molecule has 20 heavy (non-hydrogen) atoms. The van der Waals surface area contributed by atoms with Gasteiger partial charge in [-0.15, -0.1) is 0 Å². The van der Waals surface area contributed by atoms with Crippen LogP contribution in [0.4, 0.5) is 0 Å². The molecule has 2 atom stereocenters. The summed E-state index contributed by atoms with van der Waals surface area (Å²) in [7, 11) is 0. The molecule has 1 N–H and O–H groups in total. The van der Waals surface area contributed by atoms with Gasteiger partial charge in [0.2, 0.25) is 11.8 Å². The lowest BCUT2D eigenvalue weighted by Gasteiger charge is -2.37. The fourth-order valence-corrected chi connectivity index (χ4v) is 2.33. The molecule has 1 rings (SSSR count). The fourth-order valence-electron chi connectivity index (χ4n) is 2.33. The number of carbonyl (C=O) groups is 2. The molecule has 0 aromatic carbocycles. The van der Waals surface area contributed by atoms with Gasteiger partial charge in [-0.25, -0.2) is 0 Å². The topological polar surface area (TPSA) is 58.6 Å². The Labute approximate surface area is 122 Å². The highest BCUT2D eigenvalue weighted by Gasteiger charge is 2.36. The van der Waals surface area contributed by atoms with Gasteiger partial charge in [-0.05, 0) is 25.7 Å². The molecule has 0 aromatic rings. The lowest BCUT2D eigenvalue weighted by molar-refractivity contribution is -0.149. The third-order valence-electron chi connectivity index (χ3n) is 3.46. The standard InChI is InChI=1S/C15H28N2O3/c1-5-7-13-15(19)17(12(4)14(18)16-13)8-6-9-20-10-11(2)3/h11-13H,5-10H2,1-4H3,(H,16,18). The monoisotopic (exact) mass is 284 g/mol. The number of amides is 2. The molecule has 0 saturated carbocycles. The van der Waals surface area contributed by atoms with Crippen LogP contribution in [0, 0.1) is 5.92 Å². The number of carbonyl (C=O) groups excluding carboxylic acids is 2. The SMILES string of the molecule is CCCC1NC(=O)C(C)N(CCCOCC(C)C)C1=O. The Balaban J connectivity index is 2.44. The summed E-state index contributed by atoms with van der Waals surface area (Å²) in [5.41, 5.74) is 0. The molecule has 1 heterocycles. The largest absolute Gasteiger partial charge is 0.381 e. The van der Waals surface area contributed by atoms with Crippen molar-refractivity contribution >= 4 is 11.8 Å². The smallest absolute Gasteiger partial charge is 0.245 e. The molecule has 0 bridgehead atoms. The molecule has 2 unspecified atom stereocenters. The van der Waals surface area contributed by atoms with E-state index in [1.165, 1.54) is 0 Å². The summed E-state index contributed by atoms with van der Waals surface area (Å²) in [5.74, 6) is 0.513. The van der Waals surface area contributed by atoms with Gasteiger partial charge >= 0.3 is 0 Å². The maximum Gasteiger partial charge on any atom is 0.245 e. The first-order valence-electron chi connectivity index (χ1n) is 7.66. The van der Waals surface area contributed by atoms with E-state index in [0.717, 1.165) is 19.4 Å². The first-order chi connectivity index (χ1) is 9.47. The van der Waals surface area contributed by atoms with Crippen molar-refractivity contribution in [3.8, 4) is 0 Å². The van der Waals surface area contributed by atoms with Crippen molar-refractivity contribution in [2.45, 2.75) is 59.0 Å². The Hall–Kier alpha value is -1.10. The molecule has 0 radical (unpaired) electrons. The van der Waals surface area contributed by atoms with Crippen LogP contribution in [0.2, 0.25) is 0 Å². The van der Waals surface area contributed by atoms with Gasteiger partial charge in [0, 0.05) is 19.8 Å². The van der Waals surface area contributed by atoms with E-state index in [4.69, 9.17) is 4.74 Å². The zero-order chi connectivity index (χ0) is 15.1. The van der Waals surface area contributed by atoms with Gasteiger partial charge in [-0.2, -0.15) is 0 Å². The average molecular weight is 284 g/mol. The van der Waals surface area contributed by atoms with Crippen molar-refractivity contribution in [2.75, 3.05) is 19.8 Å². The second kappa shape index (κ2) is 8.25. The number of nitrogens with one attached hydrogen (secondary N) is 1. The van der Waals surface area contributed by atoms with Crippen molar-refractivity contribution in [2.24, 2.45) is 5.92 Å². The van der Waals surface area contributed by atoms with Crippen LogP contribution in [0.1, 0.15) is 47.0 Å². The van der Waals surface area contributed by atoms with Crippen molar-refractivity contribution < 1.29 is 14.3 Å². The van der Waals surface area contributed by atoms with E-state index in [1.54, 1.807) is 11.8 Å². The highest BCUT2D eigenvalue weighted by molar-refractivity contribution is 5.96. The van der Waals surface area contributed by atoms with Crippen molar-refractivity contribution in [1.82, 2.24) is 10.2 Å². The number of nitrogens with zero attached hydrogens (tertiary/aromatic N) is 1. The fraction of sp³-hybridized carbons (Fsp3) is 0.867. The highest BCUT2D eigenvalue weighted by atomic mass is 16.5. The predicted octanol–water partition coefficient (Wildman–Crippen LogP) is 1.56. The predicted molar refractivity (Wildman–Crippen MR) is 78.3 cm³/mol. The van der Waals surface area contributed by atoms with E-state index in [1.807, 2.05) is 6.92 Å². The quantitative estimate of drug-likeness (QED) is 0.688. The number of hydrogen-bond donors (Lipinski definition) is 1. The Morgan fingerprint density at radius 3 is 2.65 bits per heavy atom. The first-order valence-corrected chi connectivity index (χ1v) is 7.66. The number of hydrogen-bond acceptors (Lipinski definition) is 3. The third-order valence-corrected chi connectivity index (χ3v) is 3.46. The number of piperazine rings is 1. The molecule has 1 saturated heterocycles. The van der Waals surface area contributed by atoms with Crippen LogP contribution < -0.4 is 5.32 Å². The Morgan fingerprint density at radius 1 is 1.35 bits per heavy atom. The van der Waals surface area contributed by atoms with Crippen LogP contribution >= 0.6 is 0 Å². The van der Waals surface area contributed by atoms with E-state index in [-0.39, 0.29) is 23.9 Å². The lowest BCUT2D eigenvalue weighted by atomic mass is 10.0. The van der Waals surface area contributed by atoms with Crippen LogP contribution in [-0.2, 0) is 14.3 Å². The average Bonchev–Trinajstić information content (AvgIpc) is 2.39. The van der Waals surface area contributed by atoms with E-state index >= 15 is 0 Å². The molecular formula is C15H28N2O3. The molecular weight excluding hydrogens is 256 g/mol.